The number of hydrogen-bond donors (Lipinski definition) is 0. The van der Waals surface area contributed by atoms with Crippen LogP contribution < -0.4 is 4.74 Å². The highest BCUT2D eigenvalue weighted by Gasteiger charge is 2.18. The van der Waals surface area contributed by atoms with Crippen molar-refractivity contribution in [2.24, 2.45) is 0 Å². The summed E-state index contributed by atoms with van der Waals surface area (Å²) in [4.78, 5) is 22.2. The second-order valence-corrected chi connectivity index (χ2v) is 11.2. The molecule has 0 aliphatic carbocycles. The van der Waals surface area contributed by atoms with E-state index in [1.54, 1.807) is 0 Å². The van der Waals surface area contributed by atoms with Gasteiger partial charge in [0.2, 0.25) is 0 Å². The van der Waals surface area contributed by atoms with E-state index in [-0.39, 0.29) is 0 Å². The van der Waals surface area contributed by atoms with E-state index in [9.17, 15) is 9.59 Å². The molecule has 6 aromatic rings. The number of ether oxygens (including phenoxy) is 1. The molecule has 0 radical (unpaired) electrons. The molecule has 0 aliphatic rings. The van der Waals surface area contributed by atoms with Gasteiger partial charge in [-0.1, -0.05) is 123 Å². The zero-order valence-electron chi connectivity index (χ0n) is 25.8. The first-order chi connectivity index (χ1) is 22.7. The Hall–Kier alpha value is -5.62. The van der Waals surface area contributed by atoms with Crippen molar-refractivity contribution in [2.75, 3.05) is 6.61 Å². The molecule has 0 amide bonds. The van der Waals surface area contributed by atoms with Gasteiger partial charge in [0.15, 0.2) is 11.6 Å². The second-order valence-electron chi connectivity index (χ2n) is 11.2. The number of hydrogen-bond acceptors (Lipinski definition) is 5. The Balaban J connectivity index is 1.33. The van der Waals surface area contributed by atoms with Gasteiger partial charge in [0, 0.05) is 27.9 Å². The molecule has 0 unspecified atom stereocenters. The van der Waals surface area contributed by atoms with Crippen LogP contribution in [0.15, 0.2) is 121 Å². The van der Waals surface area contributed by atoms with Crippen molar-refractivity contribution in [1.82, 2.24) is 14.8 Å². The SMILES string of the molecule is CCCCCCOc1ccc(-n2c(-c3ccc(-c4ccc(C=O)cc4)cc3)nnc2-c2ccc(-c3ccc(C=O)cc3)cc2)cc1. The van der Waals surface area contributed by atoms with E-state index in [2.05, 4.69) is 46.0 Å². The van der Waals surface area contributed by atoms with Crippen LogP contribution in [0.3, 0.4) is 0 Å². The van der Waals surface area contributed by atoms with Crippen LogP contribution in [0.2, 0.25) is 0 Å². The molecule has 1 heterocycles. The number of benzene rings is 5. The molecule has 5 aromatic carbocycles. The summed E-state index contributed by atoms with van der Waals surface area (Å²) in [5.74, 6) is 2.28. The first-order valence-corrected chi connectivity index (χ1v) is 15.7. The highest BCUT2D eigenvalue weighted by Crippen LogP contribution is 2.32. The van der Waals surface area contributed by atoms with Crippen molar-refractivity contribution in [3.05, 3.63) is 132 Å². The van der Waals surface area contributed by atoms with Crippen LogP contribution >= 0.6 is 0 Å². The number of carbonyl (C=O) groups is 2. The molecule has 0 atom stereocenters. The normalized spacial score (nSPS) is 10.9. The zero-order valence-corrected chi connectivity index (χ0v) is 25.8. The van der Waals surface area contributed by atoms with Crippen molar-refractivity contribution in [3.8, 4) is 56.5 Å². The fraction of sp³-hybridized carbons (Fsp3) is 0.150. The fourth-order valence-corrected chi connectivity index (χ4v) is 5.44. The summed E-state index contributed by atoms with van der Waals surface area (Å²) in [6.07, 6.45) is 6.35. The lowest BCUT2D eigenvalue weighted by Gasteiger charge is -2.13. The molecule has 46 heavy (non-hydrogen) atoms. The van der Waals surface area contributed by atoms with Gasteiger partial charge in [-0.05, 0) is 52.9 Å². The highest BCUT2D eigenvalue weighted by molar-refractivity contribution is 5.79. The number of carbonyl (C=O) groups excluding carboxylic acids is 2. The smallest absolute Gasteiger partial charge is 0.168 e. The summed E-state index contributed by atoms with van der Waals surface area (Å²) in [5.41, 5.74) is 8.24. The van der Waals surface area contributed by atoms with Gasteiger partial charge in [0.05, 0.1) is 6.61 Å². The molecule has 6 rings (SSSR count). The number of rotatable bonds is 13. The molecule has 6 heteroatoms. The van der Waals surface area contributed by atoms with E-state index in [1.807, 2.05) is 97.1 Å². The molecular formula is C40H35N3O3. The molecule has 0 bridgehead atoms. The maximum atomic E-state index is 11.1. The summed E-state index contributed by atoms with van der Waals surface area (Å²) in [5, 5.41) is 9.35. The molecule has 228 valence electrons. The quantitative estimate of drug-likeness (QED) is 0.0968. The highest BCUT2D eigenvalue weighted by atomic mass is 16.5. The predicted octanol–water partition coefficient (Wildman–Crippen LogP) is 9.52. The summed E-state index contributed by atoms with van der Waals surface area (Å²) < 4.78 is 8.09. The van der Waals surface area contributed by atoms with E-state index in [1.165, 1.54) is 19.3 Å². The van der Waals surface area contributed by atoms with Crippen molar-refractivity contribution in [1.29, 1.82) is 0 Å². The predicted molar refractivity (Wildman–Crippen MR) is 184 cm³/mol. The summed E-state index contributed by atoms with van der Waals surface area (Å²) in [6, 6.07) is 39.6. The summed E-state index contributed by atoms with van der Waals surface area (Å²) in [7, 11) is 0. The van der Waals surface area contributed by atoms with E-state index >= 15 is 0 Å². The topological polar surface area (TPSA) is 74.1 Å². The Morgan fingerprint density at radius 3 is 1.35 bits per heavy atom. The van der Waals surface area contributed by atoms with E-state index in [0.29, 0.717) is 17.7 Å². The summed E-state index contributed by atoms with van der Waals surface area (Å²) in [6.45, 7) is 2.91. The Labute approximate surface area is 269 Å². The number of nitrogens with zero attached hydrogens (tertiary/aromatic N) is 3. The number of aromatic nitrogens is 3. The average molecular weight is 606 g/mol. The molecule has 6 nitrogen and oxygen atoms in total. The lowest BCUT2D eigenvalue weighted by atomic mass is 10.0. The van der Waals surface area contributed by atoms with Crippen molar-refractivity contribution in [3.63, 3.8) is 0 Å². The van der Waals surface area contributed by atoms with Gasteiger partial charge >= 0.3 is 0 Å². The van der Waals surface area contributed by atoms with Crippen LogP contribution in [0.1, 0.15) is 53.3 Å². The second kappa shape index (κ2) is 14.4. The zero-order chi connectivity index (χ0) is 31.7. The minimum absolute atomic E-state index is 0.651. The van der Waals surface area contributed by atoms with Crippen LogP contribution in [0, 0.1) is 0 Å². The van der Waals surface area contributed by atoms with Crippen LogP contribution in [0.4, 0.5) is 0 Å². The summed E-state index contributed by atoms with van der Waals surface area (Å²) >= 11 is 0. The van der Waals surface area contributed by atoms with Crippen molar-refractivity contribution >= 4 is 12.6 Å². The van der Waals surface area contributed by atoms with Crippen molar-refractivity contribution in [2.45, 2.75) is 32.6 Å². The molecule has 0 aliphatic heterocycles. The molecule has 1 aromatic heterocycles. The van der Waals surface area contributed by atoms with Crippen LogP contribution in [-0.2, 0) is 0 Å². The maximum Gasteiger partial charge on any atom is 0.168 e. The van der Waals surface area contributed by atoms with Gasteiger partial charge in [-0.3, -0.25) is 14.2 Å². The molecule has 0 fully saturated rings. The fourth-order valence-electron chi connectivity index (χ4n) is 5.44. The minimum Gasteiger partial charge on any atom is -0.494 e. The molecule has 0 N–H and O–H groups in total. The molecule has 0 saturated heterocycles. The van der Waals surface area contributed by atoms with Gasteiger partial charge in [0.25, 0.3) is 0 Å². The van der Waals surface area contributed by atoms with Crippen LogP contribution in [0.5, 0.6) is 5.75 Å². The Morgan fingerprint density at radius 1 is 0.522 bits per heavy atom. The third-order valence-electron chi connectivity index (χ3n) is 8.07. The lowest BCUT2D eigenvalue weighted by Crippen LogP contribution is -2.01. The van der Waals surface area contributed by atoms with E-state index in [0.717, 1.165) is 75.5 Å². The Bertz CT molecular complexity index is 1780. The molecule has 0 spiro atoms. The number of aldehydes is 2. The van der Waals surface area contributed by atoms with Gasteiger partial charge in [0.1, 0.15) is 18.3 Å². The standard InChI is InChI=1S/C40H35N3O3/c1-2-3-4-5-26-46-38-24-22-37(23-25-38)43-39(35-18-14-33(15-19-35)31-10-6-29(27-44)7-11-31)41-42-40(43)36-20-16-34(17-21-36)32-12-8-30(28-45)9-13-32/h6-25,27-28H,2-5,26H2,1H3. The van der Waals surface area contributed by atoms with Gasteiger partial charge < -0.3 is 4.74 Å². The minimum atomic E-state index is 0.651. The first-order valence-electron chi connectivity index (χ1n) is 15.7. The largest absolute Gasteiger partial charge is 0.494 e. The first kappa shape index (κ1) is 30.4. The Kier molecular flexibility index (Phi) is 9.55. The lowest BCUT2D eigenvalue weighted by molar-refractivity contribution is 0.111. The monoisotopic (exact) mass is 605 g/mol. The van der Waals surface area contributed by atoms with Crippen LogP contribution in [-0.4, -0.2) is 33.9 Å². The van der Waals surface area contributed by atoms with E-state index < -0.39 is 0 Å². The third kappa shape index (κ3) is 6.87. The number of unbranched alkanes of at least 4 members (excludes halogenated alkanes) is 3. The maximum absolute atomic E-state index is 11.1. The average Bonchev–Trinajstić information content (AvgIpc) is 3.57. The van der Waals surface area contributed by atoms with Crippen LogP contribution in [0.25, 0.3) is 50.7 Å². The van der Waals surface area contributed by atoms with Gasteiger partial charge in [-0.15, -0.1) is 10.2 Å². The van der Waals surface area contributed by atoms with E-state index in [4.69, 9.17) is 4.74 Å². The Morgan fingerprint density at radius 2 is 0.935 bits per heavy atom. The van der Waals surface area contributed by atoms with Crippen molar-refractivity contribution < 1.29 is 14.3 Å². The molecule has 0 saturated carbocycles. The van der Waals surface area contributed by atoms with Gasteiger partial charge in [-0.25, -0.2) is 0 Å². The third-order valence-corrected chi connectivity index (χ3v) is 8.07. The molecular weight excluding hydrogens is 570 g/mol. The van der Waals surface area contributed by atoms with Gasteiger partial charge in [-0.2, -0.15) is 0 Å².